The van der Waals surface area contributed by atoms with E-state index in [0.717, 1.165) is 46.3 Å². The highest BCUT2D eigenvalue weighted by atomic mass is 16.5. The fourth-order valence-corrected chi connectivity index (χ4v) is 6.91. The lowest BCUT2D eigenvalue weighted by Gasteiger charge is -2.35. The second-order valence-electron chi connectivity index (χ2n) is 11.3. The lowest BCUT2D eigenvalue weighted by molar-refractivity contribution is -0.139. The Morgan fingerprint density at radius 3 is 2.46 bits per heavy atom. The van der Waals surface area contributed by atoms with Crippen molar-refractivity contribution >= 4 is 28.9 Å². The first-order valence-electron chi connectivity index (χ1n) is 14.1. The Kier molecular flexibility index (Phi) is 6.71. The summed E-state index contributed by atoms with van der Waals surface area (Å²) in [7, 11) is 1.66. The molecule has 7 heteroatoms. The molecule has 39 heavy (non-hydrogen) atoms. The zero-order valence-electron chi connectivity index (χ0n) is 22.9. The summed E-state index contributed by atoms with van der Waals surface area (Å²) >= 11 is 0. The van der Waals surface area contributed by atoms with Crippen molar-refractivity contribution in [2.75, 3.05) is 20.2 Å². The molecule has 1 saturated heterocycles. The van der Waals surface area contributed by atoms with E-state index in [1.807, 2.05) is 43.0 Å². The molecule has 0 radical (unpaired) electrons. The van der Waals surface area contributed by atoms with Gasteiger partial charge in [0.05, 0.1) is 37.1 Å². The maximum Gasteiger partial charge on any atom is 0.335 e. The van der Waals surface area contributed by atoms with E-state index in [-0.39, 0.29) is 23.7 Å². The van der Waals surface area contributed by atoms with Crippen LogP contribution in [0.4, 0.5) is 0 Å². The van der Waals surface area contributed by atoms with Crippen molar-refractivity contribution in [1.29, 1.82) is 0 Å². The minimum atomic E-state index is -0.953. The number of hydrogen-bond donors (Lipinski definition) is 1. The SMILES string of the molecule is COc1cccc2c1C=C(C(=O)N1C[C@@H](C)O[C@@H](C)C1)Cn1c-2c(C2CCCCC2)c2ccc(C(=O)O)cc21. The van der Waals surface area contributed by atoms with Crippen molar-refractivity contribution in [2.45, 2.75) is 70.6 Å². The zero-order chi connectivity index (χ0) is 27.3. The molecular weight excluding hydrogens is 492 g/mol. The maximum absolute atomic E-state index is 14.1. The fraction of sp³-hybridized carbons (Fsp3) is 0.438. The average Bonchev–Trinajstić information content (AvgIpc) is 3.14. The number of rotatable bonds is 4. The molecule has 1 N–H and O–H groups in total. The van der Waals surface area contributed by atoms with Gasteiger partial charge in [0.1, 0.15) is 5.75 Å². The molecule has 3 aliphatic rings. The Hall–Kier alpha value is -3.58. The minimum absolute atomic E-state index is 0.0165. The molecule has 1 aliphatic carbocycles. The van der Waals surface area contributed by atoms with Crippen molar-refractivity contribution in [3.8, 4) is 17.0 Å². The van der Waals surface area contributed by atoms with E-state index in [4.69, 9.17) is 9.47 Å². The van der Waals surface area contributed by atoms with Gasteiger partial charge in [-0.1, -0.05) is 37.5 Å². The second-order valence-corrected chi connectivity index (χ2v) is 11.3. The third kappa shape index (κ3) is 4.52. The van der Waals surface area contributed by atoms with Crippen LogP contribution in [0.5, 0.6) is 5.75 Å². The molecule has 2 aliphatic heterocycles. The van der Waals surface area contributed by atoms with E-state index in [2.05, 4.69) is 10.6 Å². The number of carboxylic acid groups (broad SMARTS) is 1. The lowest BCUT2D eigenvalue weighted by Crippen LogP contribution is -2.48. The van der Waals surface area contributed by atoms with Crippen LogP contribution in [-0.2, 0) is 16.1 Å². The highest BCUT2D eigenvalue weighted by Crippen LogP contribution is 2.48. The number of aromatic nitrogens is 1. The van der Waals surface area contributed by atoms with Gasteiger partial charge in [-0.25, -0.2) is 4.79 Å². The lowest BCUT2D eigenvalue weighted by atomic mass is 9.81. The predicted octanol–water partition coefficient (Wildman–Crippen LogP) is 6.10. The molecule has 3 aromatic rings. The van der Waals surface area contributed by atoms with Crippen LogP contribution in [0.15, 0.2) is 42.0 Å². The van der Waals surface area contributed by atoms with Gasteiger partial charge < -0.3 is 24.0 Å². The normalized spacial score (nSPS) is 21.6. The minimum Gasteiger partial charge on any atom is -0.496 e. The molecule has 0 unspecified atom stereocenters. The number of carbonyl (C=O) groups excluding carboxylic acids is 1. The molecule has 7 nitrogen and oxygen atoms in total. The quantitative estimate of drug-likeness (QED) is 0.443. The Balaban J connectivity index is 1.60. The van der Waals surface area contributed by atoms with Crippen LogP contribution in [0.2, 0.25) is 0 Å². The first kappa shape index (κ1) is 25.7. The monoisotopic (exact) mass is 528 g/mol. The number of morpholine rings is 1. The number of benzene rings is 2. The number of hydrogen-bond acceptors (Lipinski definition) is 4. The van der Waals surface area contributed by atoms with Gasteiger partial charge in [0.15, 0.2) is 0 Å². The third-order valence-corrected chi connectivity index (χ3v) is 8.53. The predicted molar refractivity (Wildman–Crippen MR) is 151 cm³/mol. The van der Waals surface area contributed by atoms with Gasteiger partial charge in [0.2, 0.25) is 0 Å². The van der Waals surface area contributed by atoms with Gasteiger partial charge in [-0.2, -0.15) is 0 Å². The summed E-state index contributed by atoms with van der Waals surface area (Å²) in [5.41, 5.74) is 6.05. The first-order valence-corrected chi connectivity index (χ1v) is 14.1. The van der Waals surface area contributed by atoms with Crippen LogP contribution in [0.3, 0.4) is 0 Å². The first-order chi connectivity index (χ1) is 18.9. The van der Waals surface area contributed by atoms with Gasteiger partial charge in [-0.3, -0.25) is 4.79 Å². The standard InChI is InChI=1S/C32H36N2O5/c1-19-16-33(17-20(2)39-19)31(35)23-14-26-24(10-7-11-28(26)38-3)30-29(21-8-5-4-6-9-21)25-13-12-22(32(36)37)15-27(25)34(30)18-23/h7,10-15,19-21H,4-6,8-9,16-18H2,1-3H3,(H,36,37)/t19-,20+. The van der Waals surface area contributed by atoms with E-state index < -0.39 is 5.97 Å². The zero-order valence-corrected chi connectivity index (χ0v) is 22.9. The largest absolute Gasteiger partial charge is 0.496 e. The van der Waals surface area contributed by atoms with Crippen molar-refractivity contribution in [2.24, 2.45) is 0 Å². The molecule has 2 fully saturated rings. The highest BCUT2D eigenvalue weighted by Gasteiger charge is 2.33. The molecule has 0 bridgehead atoms. The number of methoxy groups -OCH3 is 1. The van der Waals surface area contributed by atoms with E-state index in [1.165, 1.54) is 24.8 Å². The van der Waals surface area contributed by atoms with Crippen LogP contribution in [-0.4, -0.2) is 58.9 Å². The molecule has 3 heterocycles. The van der Waals surface area contributed by atoms with Gasteiger partial charge in [-0.15, -0.1) is 0 Å². The van der Waals surface area contributed by atoms with Crippen LogP contribution in [0, 0.1) is 0 Å². The Morgan fingerprint density at radius 1 is 1.03 bits per heavy atom. The number of ether oxygens (including phenoxy) is 2. The number of carbonyl (C=O) groups is 2. The van der Waals surface area contributed by atoms with E-state index >= 15 is 0 Å². The third-order valence-electron chi connectivity index (χ3n) is 8.53. The molecule has 2 atom stereocenters. The molecule has 1 saturated carbocycles. The molecular formula is C32H36N2O5. The number of amides is 1. The van der Waals surface area contributed by atoms with Crippen LogP contribution >= 0.6 is 0 Å². The average molecular weight is 529 g/mol. The van der Waals surface area contributed by atoms with Crippen LogP contribution < -0.4 is 4.74 Å². The van der Waals surface area contributed by atoms with Crippen molar-refractivity contribution in [3.05, 3.63) is 58.7 Å². The Bertz CT molecular complexity index is 1470. The van der Waals surface area contributed by atoms with Gasteiger partial charge in [-0.05, 0) is 62.4 Å². The summed E-state index contributed by atoms with van der Waals surface area (Å²) in [5.74, 6) is 0.133. The van der Waals surface area contributed by atoms with Crippen molar-refractivity contribution in [3.63, 3.8) is 0 Å². The fourth-order valence-electron chi connectivity index (χ4n) is 6.91. The van der Waals surface area contributed by atoms with Crippen LogP contribution in [0.25, 0.3) is 28.2 Å². The Labute approximate surface area is 229 Å². The van der Waals surface area contributed by atoms with Crippen molar-refractivity contribution in [1.82, 2.24) is 9.47 Å². The molecule has 6 rings (SSSR count). The van der Waals surface area contributed by atoms with Crippen molar-refractivity contribution < 1.29 is 24.2 Å². The molecule has 204 valence electrons. The number of carboxylic acids is 1. The van der Waals surface area contributed by atoms with E-state index in [1.54, 1.807) is 19.2 Å². The molecule has 2 aromatic carbocycles. The van der Waals surface area contributed by atoms with Gasteiger partial charge in [0.25, 0.3) is 5.91 Å². The maximum atomic E-state index is 14.1. The number of fused-ring (bicyclic) bond motifs is 5. The number of nitrogens with zero attached hydrogens (tertiary/aromatic N) is 2. The number of aromatic carboxylic acids is 1. The van der Waals surface area contributed by atoms with E-state index in [0.29, 0.717) is 31.1 Å². The van der Waals surface area contributed by atoms with Crippen LogP contribution in [0.1, 0.15) is 73.4 Å². The molecule has 1 aromatic heterocycles. The summed E-state index contributed by atoms with van der Waals surface area (Å²) in [5, 5.41) is 10.9. The molecule has 1 amide bonds. The van der Waals surface area contributed by atoms with Gasteiger partial charge >= 0.3 is 5.97 Å². The smallest absolute Gasteiger partial charge is 0.335 e. The second kappa shape index (κ2) is 10.2. The highest BCUT2D eigenvalue weighted by molar-refractivity contribution is 6.04. The van der Waals surface area contributed by atoms with E-state index in [9.17, 15) is 14.7 Å². The summed E-state index contributed by atoms with van der Waals surface area (Å²) < 4.78 is 13.9. The van der Waals surface area contributed by atoms with Gasteiger partial charge in [0, 0.05) is 40.7 Å². The topological polar surface area (TPSA) is 81.0 Å². The summed E-state index contributed by atoms with van der Waals surface area (Å²) in [4.78, 5) is 28.0. The summed E-state index contributed by atoms with van der Waals surface area (Å²) in [6.45, 7) is 5.43. The molecule has 0 spiro atoms. The summed E-state index contributed by atoms with van der Waals surface area (Å²) in [6, 6.07) is 11.5. The summed E-state index contributed by atoms with van der Waals surface area (Å²) in [6.07, 6.45) is 7.74. The Morgan fingerprint density at radius 2 is 1.77 bits per heavy atom.